The Kier molecular flexibility index (Phi) is 6.65. The quantitative estimate of drug-likeness (QED) is 0.601. The van der Waals surface area contributed by atoms with E-state index in [-0.39, 0.29) is 4.75 Å². The molecule has 0 spiro atoms. The zero-order valence-electron chi connectivity index (χ0n) is 17.6. The third-order valence-electron chi connectivity index (χ3n) is 4.85. The second kappa shape index (κ2) is 9.01. The fourth-order valence-electron chi connectivity index (χ4n) is 3.16. The highest BCUT2D eigenvalue weighted by molar-refractivity contribution is 7.84. The van der Waals surface area contributed by atoms with Crippen LogP contribution in [-0.4, -0.2) is 25.5 Å². The highest BCUT2D eigenvalue weighted by Crippen LogP contribution is 2.25. The number of nitrogens with two attached hydrogens (primary N) is 1. The Morgan fingerprint density at radius 1 is 1.10 bits per heavy atom. The Labute approximate surface area is 175 Å². The number of nitrogens with zero attached hydrogens (tertiary/aromatic N) is 2. The first-order valence-electron chi connectivity index (χ1n) is 9.99. The van der Waals surface area contributed by atoms with Gasteiger partial charge in [0.1, 0.15) is 5.82 Å². The van der Waals surface area contributed by atoms with Crippen molar-refractivity contribution in [2.75, 3.05) is 12.3 Å². The van der Waals surface area contributed by atoms with Gasteiger partial charge in [-0.2, -0.15) is 0 Å². The lowest BCUT2D eigenvalue weighted by molar-refractivity contribution is 0.519. The van der Waals surface area contributed by atoms with Gasteiger partial charge in [-0.15, -0.1) is 0 Å². The van der Waals surface area contributed by atoms with Gasteiger partial charge >= 0.3 is 0 Å². The van der Waals surface area contributed by atoms with Crippen molar-refractivity contribution in [1.82, 2.24) is 14.7 Å². The molecule has 2 heterocycles. The first-order chi connectivity index (χ1) is 13.7. The minimum absolute atomic E-state index is 0.232. The summed E-state index contributed by atoms with van der Waals surface area (Å²) in [4.78, 5) is 8.89. The van der Waals surface area contributed by atoms with E-state index in [1.54, 1.807) is 6.20 Å². The molecule has 2 unspecified atom stereocenters. The predicted octanol–water partition coefficient (Wildman–Crippen LogP) is 4.50. The van der Waals surface area contributed by atoms with Gasteiger partial charge < -0.3 is 5.73 Å². The standard InChI is InChI=1S/C23H30N4OS/c1-16(9-12-26-29(28)23(2,3)4)13-20-7-5-19-14-17(6-8-21(19)27-20)18-10-11-25-22(24)15-18/h5-8,10-11,14-16,26H,9,12-13H2,1-4H3,(H2,24,25). The number of anilines is 1. The van der Waals surface area contributed by atoms with Crippen LogP contribution in [0.5, 0.6) is 0 Å². The van der Waals surface area contributed by atoms with Crippen LogP contribution in [0.25, 0.3) is 22.0 Å². The Balaban J connectivity index is 1.64. The molecule has 2 atom stereocenters. The van der Waals surface area contributed by atoms with Gasteiger partial charge in [0.2, 0.25) is 0 Å². The molecule has 0 aliphatic heterocycles. The molecule has 0 amide bonds. The maximum absolute atomic E-state index is 12.1. The number of nitrogen functional groups attached to an aromatic ring is 1. The Bertz CT molecular complexity index is 1010. The maximum atomic E-state index is 12.1. The van der Waals surface area contributed by atoms with Crippen LogP contribution in [-0.2, 0) is 17.4 Å². The second-order valence-corrected chi connectivity index (χ2v) is 10.6. The molecule has 0 saturated carbocycles. The fourth-order valence-corrected chi connectivity index (χ4v) is 3.90. The Morgan fingerprint density at radius 2 is 1.86 bits per heavy atom. The van der Waals surface area contributed by atoms with Gasteiger partial charge in [0.15, 0.2) is 0 Å². The molecule has 29 heavy (non-hydrogen) atoms. The first-order valence-corrected chi connectivity index (χ1v) is 11.1. The highest BCUT2D eigenvalue weighted by Gasteiger charge is 2.19. The summed E-state index contributed by atoms with van der Waals surface area (Å²) in [5, 5.41) is 1.11. The number of fused-ring (bicyclic) bond motifs is 1. The van der Waals surface area contributed by atoms with Crippen molar-refractivity contribution < 1.29 is 4.21 Å². The van der Waals surface area contributed by atoms with E-state index in [2.05, 4.69) is 47.0 Å². The average molecular weight is 411 g/mol. The van der Waals surface area contributed by atoms with Gasteiger partial charge in [-0.25, -0.2) is 13.9 Å². The summed E-state index contributed by atoms with van der Waals surface area (Å²) in [6.07, 6.45) is 3.59. The first kappa shape index (κ1) is 21.4. The largest absolute Gasteiger partial charge is 0.384 e. The van der Waals surface area contributed by atoms with Crippen molar-refractivity contribution in [2.45, 2.75) is 45.3 Å². The van der Waals surface area contributed by atoms with E-state index in [4.69, 9.17) is 10.7 Å². The number of hydrogen-bond donors (Lipinski definition) is 2. The fraction of sp³-hybridized carbons (Fsp3) is 0.391. The van der Waals surface area contributed by atoms with Crippen molar-refractivity contribution in [1.29, 1.82) is 0 Å². The van der Waals surface area contributed by atoms with Gasteiger partial charge in [0.05, 0.1) is 21.2 Å². The van der Waals surface area contributed by atoms with Crippen molar-refractivity contribution in [3.63, 3.8) is 0 Å². The molecule has 0 aliphatic rings. The van der Waals surface area contributed by atoms with Crippen LogP contribution >= 0.6 is 0 Å². The molecule has 0 radical (unpaired) electrons. The van der Waals surface area contributed by atoms with Gasteiger partial charge in [0.25, 0.3) is 0 Å². The number of pyridine rings is 2. The summed E-state index contributed by atoms with van der Waals surface area (Å²) in [6, 6.07) is 14.3. The van der Waals surface area contributed by atoms with E-state index in [0.29, 0.717) is 11.7 Å². The molecule has 2 aromatic heterocycles. The minimum Gasteiger partial charge on any atom is -0.384 e. The molecule has 3 aromatic rings. The third kappa shape index (κ3) is 5.84. The van der Waals surface area contributed by atoms with Gasteiger partial charge in [-0.05, 0) is 81.0 Å². The minimum atomic E-state index is -1.02. The molecule has 5 nitrogen and oxygen atoms in total. The number of rotatable bonds is 7. The van der Waals surface area contributed by atoms with E-state index < -0.39 is 11.0 Å². The normalized spacial score (nSPS) is 14.1. The molecular formula is C23H30N4OS. The topological polar surface area (TPSA) is 80.9 Å². The summed E-state index contributed by atoms with van der Waals surface area (Å²) >= 11 is 0. The van der Waals surface area contributed by atoms with Crippen molar-refractivity contribution in [3.05, 3.63) is 54.4 Å². The van der Waals surface area contributed by atoms with Crippen molar-refractivity contribution >= 4 is 27.7 Å². The van der Waals surface area contributed by atoms with Gasteiger partial charge in [0, 0.05) is 23.8 Å². The number of benzene rings is 1. The second-order valence-electron chi connectivity index (χ2n) is 8.55. The van der Waals surface area contributed by atoms with E-state index in [0.717, 1.165) is 47.1 Å². The van der Waals surface area contributed by atoms with Crippen LogP contribution < -0.4 is 10.5 Å². The lowest BCUT2D eigenvalue weighted by Gasteiger charge is -2.19. The predicted molar refractivity (Wildman–Crippen MR) is 123 cm³/mol. The zero-order valence-corrected chi connectivity index (χ0v) is 18.4. The van der Waals surface area contributed by atoms with Crippen LogP contribution in [0.1, 0.15) is 39.8 Å². The monoisotopic (exact) mass is 410 g/mol. The third-order valence-corrected chi connectivity index (χ3v) is 6.42. The van der Waals surface area contributed by atoms with Crippen LogP contribution in [0.15, 0.2) is 48.7 Å². The molecule has 3 rings (SSSR count). The lowest BCUT2D eigenvalue weighted by atomic mass is 10.00. The van der Waals surface area contributed by atoms with E-state index in [9.17, 15) is 4.21 Å². The molecule has 0 saturated heterocycles. The van der Waals surface area contributed by atoms with Crippen molar-refractivity contribution in [3.8, 4) is 11.1 Å². The maximum Gasteiger partial charge on any atom is 0.123 e. The zero-order chi connectivity index (χ0) is 21.0. The molecule has 0 aliphatic carbocycles. The Hall–Kier alpha value is -2.31. The highest BCUT2D eigenvalue weighted by atomic mass is 32.2. The number of aromatic nitrogens is 2. The van der Waals surface area contributed by atoms with Crippen LogP contribution in [0.3, 0.4) is 0 Å². The molecule has 3 N–H and O–H groups in total. The van der Waals surface area contributed by atoms with Crippen LogP contribution in [0.4, 0.5) is 5.82 Å². The molecule has 154 valence electrons. The summed E-state index contributed by atoms with van der Waals surface area (Å²) in [7, 11) is -1.02. The molecule has 6 heteroatoms. The SMILES string of the molecule is CC(CCNS(=O)C(C)(C)C)Cc1ccc2cc(-c3ccnc(N)c3)ccc2n1. The molecular weight excluding hydrogens is 380 g/mol. The van der Waals surface area contributed by atoms with Crippen molar-refractivity contribution in [2.24, 2.45) is 5.92 Å². The Morgan fingerprint density at radius 3 is 2.59 bits per heavy atom. The van der Waals surface area contributed by atoms with Gasteiger partial charge in [-0.1, -0.05) is 19.1 Å². The molecule has 1 aromatic carbocycles. The van der Waals surface area contributed by atoms with Crippen LogP contribution in [0.2, 0.25) is 0 Å². The average Bonchev–Trinajstić information content (AvgIpc) is 2.66. The summed E-state index contributed by atoms with van der Waals surface area (Å²) < 4.78 is 15.0. The molecule has 0 fully saturated rings. The smallest absolute Gasteiger partial charge is 0.123 e. The van der Waals surface area contributed by atoms with E-state index >= 15 is 0 Å². The number of nitrogens with one attached hydrogen (secondary N) is 1. The van der Waals surface area contributed by atoms with Gasteiger partial charge in [-0.3, -0.25) is 4.98 Å². The molecule has 0 bridgehead atoms. The summed E-state index contributed by atoms with van der Waals surface area (Å²) in [5.41, 5.74) is 10.0. The van der Waals surface area contributed by atoms with Crippen LogP contribution in [0, 0.1) is 5.92 Å². The number of hydrogen-bond acceptors (Lipinski definition) is 4. The summed E-state index contributed by atoms with van der Waals surface area (Å²) in [5.74, 6) is 0.981. The van der Waals surface area contributed by atoms with E-state index in [1.807, 2.05) is 32.9 Å². The van der Waals surface area contributed by atoms with E-state index in [1.165, 1.54) is 0 Å². The lowest BCUT2D eigenvalue weighted by Crippen LogP contribution is -2.34. The summed E-state index contributed by atoms with van der Waals surface area (Å²) in [6.45, 7) is 8.90.